The summed E-state index contributed by atoms with van der Waals surface area (Å²) in [5, 5.41) is 3.56. The molecule has 0 aromatic heterocycles. The molecule has 1 aliphatic carbocycles. The van der Waals surface area contributed by atoms with Crippen molar-refractivity contribution in [3.63, 3.8) is 0 Å². The molecule has 114 valence electrons. The largest absolute Gasteiger partial charge is 0.368 e. The Hall–Kier alpha value is -1.55. The molecule has 4 heteroatoms. The van der Waals surface area contributed by atoms with Crippen molar-refractivity contribution >= 4 is 11.6 Å². The van der Waals surface area contributed by atoms with Gasteiger partial charge in [0.15, 0.2) is 0 Å². The van der Waals surface area contributed by atoms with Crippen LogP contribution in [0, 0.1) is 6.92 Å². The van der Waals surface area contributed by atoms with Crippen LogP contribution in [0.4, 0.5) is 5.69 Å². The molecule has 1 saturated carbocycles. The quantitative estimate of drug-likeness (QED) is 0.919. The van der Waals surface area contributed by atoms with E-state index >= 15 is 0 Å². The van der Waals surface area contributed by atoms with Crippen molar-refractivity contribution in [1.29, 1.82) is 0 Å². The summed E-state index contributed by atoms with van der Waals surface area (Å²) in [7, 11) is 0. The van der Waals surface area contributed by atoms with Gasteiger partial charge in [-0.3, -0.25) is 4.79 Å². The second-order valence-electron chi connectivity index (χ2n) is 6.27. The molecule has 0 spiro atoms. The molecule has 2 fully saturated rings. The molecule has 1 aromatic carbocycles. The highest BCUT2D eigenvalue weighted by atomic mass is 16.2. The van der Waals surface area contributed by atoms with E-state index in [-0.39, 0.29) is 5.91 Å². The lowest BCUT2D eigenvalue weighted by Crippen LogP contribution is -2.48. The van der Waals surface area contributed by atoms with Gasteiger partial charge in [-0.25, -0.2) is 0 Å². The first-order valence-corrected chi connectivity index (χ1v) is 7.97. The monoisotopic (exact) mass is 287 g/mol. The Labute approximate surface area is 127 Å². The van der Waals surface area contributed by atoms with Gasteiger partial charge < -0.3 is 15.1 Å². The second-order valence-corrected chi connectivity index (χ2v) is 6.27. The number of nitrogens with one attached hydrogen (secondary N) is 1. The van der Waals surface area contributed by atoms with E-state index in [9.17, 15) is 4.79 Å². The Kier molecular flexibility index (Phi) is 4.15. The summed E-state index contributed by atoms with van der Waals surface area (Å²) >= 11 is 0. The summed E-state index contributed by atoms with van der Waals surface area (Å²) in [5.74, 6) is 0.188. The molecule has 1 aromatic rings. The van der Waals surface area contributed by atoms with Crippen LogP contribution in [0.25, 0.3) is 0 Å². The molecule has 4 nitrogen and oxygen atoms in total. The zero-order valence-corrected chi connectivity index (χ0v) is 13.1. The molecule has 2 aliphatic rings. The first-order chi connectivity index (χ1) is 10.1. The van der Waals surface area contributed by atoms with Crippen molar-refractivity contribution in [3.8, 4) is 0 Å². The predicted octanol–water partition coefficient (Wildman–Crippen LogP) is 1.92. The number of aryl methyl sites for hydroxylation is 1. The number of benzene rings is 1. The number of anilines is 1. The maximum Gasteiger partial charge on any atom is 0.219 e. The summed E-state index contributed by atoms with van der Waals surface area (Å²) in [5.41, 5.74) is 4.01. The first kappa shape index (κ1) is 14.4. The van der Waals surface area contributed by atoms with E-state index in [0.29, 0.717) is 0 Å². The topological polar surface area (TPSA) is 35.6 Å². The fraction of sp³-hybridized carbons (Fsp3) is 0.588. The Morgan fingerprint density at radius 1 is 1.24 bits per heavy atom. The van der Waals surface area contributed by atoms with Crippen LogP contribution < -0.4 is 10.2 Å². The number of nitrogens with zero attached hydrogens (tertiary/aromatic N) is 2. The minimum absolute atomic E-state index is 0.188. The van der Waals surface area contributed by atoms with E-state index in [1.807, 2.05) is 4.90 Å². The van der Waals surface area contributed by atoms with E-state index in [4.69, 9.17) is 0 Å². The van der Waals surface area contributed by atoms with Crippen LogP contribution in [-0.4, -0.2) is 43.0 Å². The van der Waals surface area contributed by atoms with Crippen molar-refractivity contribution in [1.82, 2.24) is 10.2 Å². The summed E-state index contributed by atoms with van der Waals surface area (Å²) in [4.78, 5) is 15.7. The average molecular weight is 287 g/mol. The molecule has 1 amide bonds. The van der Waals surface area contributed by atoms with E-state index in [1.165, 1.54) is 29.7 Å². The molecular formula is C17H25N3O. The SMILES string of the molecule is CC(=O)N1CCN(c2ccc(CNC3CC3)cc2C)CC1. The molecule has 0 radical (unpaired) electrons. The van der Waals surface area contributed by atoms with Gasteiger partial charge in [-0.05, 0) is 37.0 Å². The Bertz CT molecular complexity index is 517. The van der Waals surface area contributed by atoms with Crippen LogP contribution >= 0.6 is 0 Å². The third-order valence-corrected chi connectivity index (χ3v) is 4.50. The van der Waals surface area contributed by atoms with Crippen molar-refractivity contribution in [2.75, 3.05) is 31.1 Å². The van der Waals surface area contributed by atoms with E-state index < -0.39 is 0 Å². The van der Waals surface area contributed by atoms with Gasteiger partial charge in [0.25, 0.3) is 0 Å². The van der Waals surface area contributed by atoms with Crippen LogP contribution in [0.2, 0.25) is 0 Å². The van der Waals surface area contributed by atoms with E-state index in [0.717, 1.165) is 38.8 Å². The normalized spacial score (nSPS) is 19.0. The first-order valence-electron chi connectivity index (χ1n) is 7.97. The number of hydrogen-bond acceptors (Lipinski definition) is 3. The van der Waals surface area contributed by atoms with Gasteiger partial charge in [0.05, 0.1) is 0 Å². The lowest BCUT2D eigenvalue weighted by molar-refractivity contribution is -0.129. The zero-order chi connectivity index (χ0) is 14.8. The van der Waals surface area contributed by atoms with Crippen molar-refractivity contribution in [2.24, 2.45) is 0 Å². The van der Waals surface area contributed by atoms with Gasteiger partial charge in [-0.15, -0.1) is 0 Å². The average Bonchev–Trinajstić information content (AvgIpc) is 3.29. The standard InChI is InChI=1S/C17H25N3O/c1-13-11-15(12-18-16-4-5-16)3-6-17(13)20-9-7-19(8-10-20)14(2)21/h3,6,11,16,18H,4-5,7-10,12H2,1-2H3. The molecule has 3 rings (SSSR count). The van der Waals surface area contributed by atoms with Crippen LogP contribution in [0.15, 0.2) is 18.2 Å². The minimum Gasteiger partial charge on any atom is -0.368 e. The van der Waals surface area contributed by atoms with Gasteiger partial charge in [-0.1, -0.05) is 12.1 Å². The summed E-state index contributed by atoms with van der Waals surface area (Å²) < 4.78 is 0. The number of carbonyl (C=O) groups is 1. The summed E-state index contributed by atoms with van der Waals surface area (Å²) in [6, 6.07) is 7.52. The van der Waals surface area contributed by atoms with Crippen molar-refractivity contribution in [2.45, 2.75) is 39.3 Å². The molecule has 1 N–H and O–H groups in total. The zero-order valence-electron chi connectivity index (χ0n) is 13.1. The second kappa shape index (κ2) is 6.06. The number of piperazine rings is 1. The maximum atomic E-state index is 11.4. The molecule has 0 unspecified atom stereocenters. The smallest absolute Gasteiger partial charge is 0.219 e. The number of amides is 1. The fourth-order valence-electron chi connectivity index (χ4n) is 2.99. The Morgan fingerprint density at radius 2 is 1.95 bits per heavy atom. The molecule has 21 heavy (non-hydrogen) atoms. The van der Waals surface area contributed by atoms with Crippen LogP contribution in [0.3, 0.4) is 0 Å². The molecule has 1 aliphatic heterocycles. The van der Waals surface area contributed by atoms with E-state index in [1.54, 1.807) is 6.92 Å². The summed E-state index contributed by atoms with van der Waals surface area (Å²) in [6.07, 6.45) is 2.66. The number of rotatable bonds is 4. The Balaban J connectivity index is 1.61. The molecule has 1 saturated heterocycles. The molecule has 0 atom stereocenters. The fourth-order valence-corrected chi connectivity index (χ4v) is 2.99. The van der Waals surface area contributed by atoms with E-state index in [2.05, 4.69) is 35.3 Å². The van der Waals surface area contributed by atoms with Gasteiger partial charge in [0.1, 0.15) is 0 Å². The van der Waals surface area contributed by atoms with Crippen LogP contribution in [-0.2, 0) is 11.3 Å². The lowest BCUT2D eigenvalue weighted by Gasteiger charge is -2.36. The van der Waals surface area contributed by atoms with Crippen molar-refractivity contribution in [3.05, 3.63) is 29.3 Å². The number of carbonyl (C=O) groups excluding carboxylic acids is 1. The third-order valence-electron chi connectivity index (χ3n) is 4.50. The van der Waals surface area contributed by atoms with Crippen LogP contribution in [0.5, 0.6) is 0 Å². The molecule has 0 bridgehead atoms. The van der Waals surface area contributed by atoms with Gasteiger partial charge in [0, 0.05) is 51.4 Å². The maximum absolute atomic E-state index is 11.4. The highest BCUT2D eigenvalue weighted by molar-refractivity contribution is 5.73. The predicted molar refractivity (Wildman–Crippen MR) is 85.5 cm³/mol. The van der Waals surface area contributed by atoms with Gasteiger partial charge in [-0.2, -0.15) is 0 Å². The number of hydrogen-bond donors (Lipinski definition) is 1. The lowest BCUT2D eigenvalue weighted by atomic mass is 10.1. The summed E-state index contributed by atoms with van der Waals surface area (Å²) in [6.45, 7) is 8.35. The van der Waals surface area contributed by atoms with Crippen molar-refractivity contribution < 1.29 is 4.79 Å². The Morgan fingerprint density at radius 3 is 2.52 bits per heavy atom. The third kappa shape index (κ3) is 3.56. The van der Waals surface area contributed by atoms with Gasteiger partial charge in [0.2, 0.25) is 5.91 Å². The van der Waals surface area contributed by atoms with Gasteiger partial charge >= 0.3 is 0 Å². The molecule has 1 heterocycles. The highest BCUT2D eigenvalue weighted by Crippen LogP contribution is 2.24. The highest BCUT2D eigenvalue weighted by Gasteiger charge is 2.21. The molecular weight excluding hydrogens is 262 g/mol. The minimum atomic E-state index is 0.188. The van der Waals surface area contributed by atoms with Crippen LogP contribution in [0.1, 0.15) is 30.9 Å².